The number of carbonyl (C=O) groups excluding carboxylic acids is 4. The molecule has 3 amide bonds. The number of imide groups is 1. The quantitative estimate of drug-likeness (QED) is 0.573. The number of piperidine rings is 1. The van der Waals surface area contributed by atoms with Crippen molar-refractivity contribution in [1.29, 1.82) is 0 Å². The second-order valence-electron chi connectivity index (χ2n) is 8.85. The topological polar surface area (TPSA) is 123 Å². The summed E-state index contributed by atoms with van der Waals surface area (Å²) in [5, 5.41) is 10.6. The van der Waals surface area contributed by atoms with E-state index in [1.54, 1.807) is 18.3 Å². The average molecular weight is 423 g/mol. The Hall–Kier alpha value is -3.56. The van der Waals surface area contributed by atoms with Gasteiger partial charge in [0.05, 0.1) is 12.8 Å². The van der Waals surface area contributed by atoms with Gasteiger partial charge in [-0.1, -0.05) is 25.1 Å². The molecule has 5 rings (SSSR count). The molecule has 0 spiro atoms. The van der Waals surface area contributed by atoms with Gasteiger partial charge in [0.15, 0.2) is 6.04 Å². The largest absolute Gasteiger partial charge is 0.463 e. The van der Waals surface area contributed by atoms with Crippen molar-refractivity contribution in [3.8, 4) is 11.3 Å². The molecule has 0 saturated carbocycles. The molecular weight excluding hydrogens is 402 g/mol. The van der Waals surface area contributed by atoms with Gasteiger partial charge in [0.25, 0.3) is 5.91 Å². The summed E-state index contributed by atoms with van der Waals surface area (Å²) in [4.78, 5) is 50.1. The Morgan fingerprint density at radius 3 is 2.71 bits per heavy atom. The molecule has 2 unspecified atom stereocenters. The van der Waals surface area contributed by atoms with E-state index < -0.39 is 23.4 Å². The number of ether oxygens (including phenoxy) is 1. The maximum absolute atomic E-state index is 12.8. The summed E-state index contributed by atoms with van der Waals surface area (Å²) in [7, 11) is 0. The third-order valence-electron chi connectivity index (χ3n) is 6.14. The molecule has 31 heavy (non-hydrogen) atoms. The third-order valence-corrected chi connectivity index (χ3v) is 6.14. The molecule has 3 aliphatic heterocycles. The van der Waals surface area contributed by atoms with E-state index in [1.165, 1.54) is 9.58 Å². The van der Waals surface area contributed by atoms with Gasteiger partial charge in [-0.25, -0.2) is 9.48 Å². The molecule has 160 valence electrons. The zero-order valence-electron chi connectivity index (χ0n) is 17.1. The van der Waals surface area contributed by atoms with Gasteiger partial charge in [-0.2, -0.15) is 0 Å². The van der Waals surface area contributed by atoms with Gasteiger partial charge in [0, 0.05) is 29.5 Å². The van der Waals surface area contributed by atoms with Crippen molar-refractivity contribution in [1.82, 2.24) is 25.2 Å². The van der Waals surface area contributed by atoms with Gasteiger partial charge in [0.2, 0.25) is 11.8 Å². The van der Waals surface area contributed by atoms with Gasteiger partial charge in [-0.3, -0.25) is 19.7 Å². The number of hydrogen-bond acceptors (Lipinski definition) is 7. The highest BCUT2D eigenvalue weighted by atomic mass is 16.5. The summed E-state index contributed by atoms with van der Waals surface area (Å²) in [6, 6.07) is 4.14. The predicted octanol–water partition coefficient (Wildman–Crippen LogP) is 0.830. The minimum atomic E-state index is -0.655. The molecule has 2 fully saturated rings. The van der Waals surface area contributed by atoms with Gasteiger partial charge in [0.1, 0.15) is 11.7 Å². The summed E-state index contributed by atoms with van der Waals surface area (Å²) in [6.45, 7) is 4.48. The number of nitrogens with one attached hydrogen (secondary N) is 1. The Bertz CT molecular complexity index is 1140. The Kier molecular flexibility index (Phi) is 4.21. The van der Waals surface area contributed by atoms with E-state index >= 15 is 0 Å². The van der Waals surface area contributed by atoms with E-state index in [-0.39, 0.29) is 30.7 Å². The lowest BCUT2D eigenvalue weighted by Crippen LogP contribution is -2.52. The van der Waals surface area contributed by atoms with Crippen molar-refractivity contribution < 1.29 is 23.9 Å². The van der Waals surface area contributed by atoms with Crippen LogP contribution >= 0.6 is 0 Å². The first kappa shape index (κ1) is 19.4. The summed E-state index contributed by atoms with van der Waals surface area (Å²) in [5.74, 6) is -1.31. The van der Waals surface area contributed by atoms with Crippen LogP contribution in [-0.4, -0.2) is 56.2 Å². The number of cyclic esters (lactones) is 1. The van der Waals surface area contributed by atoms with Gasteiger partial charge < -0.3 is 9.64 Å². The van der Waals surface area contributed by atoms with Gasteiger partial charge in [-0.15, -0.1) is 5.10 Å². The van der Waals surface area contributed by atoms with Crippen LogP contribution in [0.25, 0.3) is 11.3 Å². The Morgan fingerprint density at radius 1 is 1.19 bits per heavy atom. The lowest BCUT2D eigenvalue weighted by molar-refractivity contribution is -0.141. The number of amides is 3. The second-order valence-corrected chi connectivity index (χ2v) is 8.85. The molecular formula is C21H21N5O5. The van der Waals surface area contributed by atoms with Crippen molar-refractivity contribution in [2.75, 3.05) is 6.61 Å². The fraction of sp³-hybridized carbons (Fsp3) is 0.429. The van der Waals surface area contributed by atoms with Gasteiger partial charge >= 0.3 is 5.97 Å². The third kappa shape index (κ3) is 3.09. The fourth-order valence-corrected chi connectivity index (χ4v) is 4.47. The van der Waals surface area contributed by atoms with Crippen LogP contribution in [0.2, 0.25) is 0 Å². The molecule has 10 nitrogen and oxygen atoms in total. The molecule has 0 aliphatic carbocycles. The van der Waals surface area contributed by atoms with Crippen LogP contribution in [0.15, 0.2) is 24.4 Å². The average Bonchev–Trinajstić information content (AvgIpc) is 3.38. The SMILES string of the molecule is CC1(C)COC(=O)C1n1cc(-c2ccc3c(c2)CN(C2CCC(=O)NC2=O)C3=O)nn1. The first-order chi connectivity index (χ1) is 14.7. The highest BCUT2D eigenvalue weighted by Crippen LogP contribution is 2.38. The number of aromatic nitrogens is 3. The van der Waals surface area contributed by atoms with E-state index in [0.717, 1.165) is 11.1 Å². The van der Waals surface area contributed by atoms with Crippen LogP contribution in [0.4, 0.5) is 0 Å². The summed E-state index contributed by atoms with van der Waals surface area (Å²) in [5.41, 5.74) is 2.25. The number of esters is 1. The Labute approximate surface area is 177 Å². The molecule has 2 saturated heterocycles. The van der Waals surface area contributed by atoms with Crippen LogP contribution in [0.5, 0.6) is 0 Å². The molecule has 3 aliphatic rings. The number of benzene rings is 1. The van der Waals surface area contributed by atoms with E-state index in [9.17, 15) is 19.2 Å². The number of carbonyl (C=O) groups is 4. The van der Waals surface area contributed by atoms with Crippen molar-refractivity contribution >= 4 is 23.7 Å². The summed E-state index contributed by atoms with van der Waals surface area (Å²) in [6.07, 6.45) is 2.24. The maximum Gasteiger partial charge on any atom is 0.331 e. The minimum absolute atomic E-state index is 0.213. The highest BCUT2D eigenvalue weighted by molar-refractivity contribution is 6.05. The van der Waals surface area contributed by atoms with Crippen molar-refractivity contribution in [3.63, 3.8) is 0 Å². The van der Waals surface area contributed by atoms with Crippen molar-refractivity contribution in [2.24, 2.45) is 5.41 Å². The van der Waals surface area contributed by atoms with Crippen LogP contribution in [0.3, 0.4) is 0 Å². The number of nitrogens with zero attached hydrogens (tertiary/aromatic N) is 4. The molecule has 1 N–H and O–H groups in total. The lowest BCUT2D eigenvalue weighted by atomic mass is 9.88. The maximum atomic E-state index is 12.8. The van der Waals surface area contributed by atoms with E-state index in [0.29, 0.717) is 24.3 Å². The van der Waals surface area contributed by atoms with Crippen LogP contribution in [-0.2, 0) is 25.7 Å². The smallest absolute Gasteiger partial charge is 0.331 e. The molecule has 2 aromatic rings. The van der Waals surface area contributed by atoms with E-state index in [1.807, 2.05) is 19.9 Å². The van der Waals surface area contributed by atoms with Crippen LogP contribution < -0.4 is 5.32 Å². The first-order valence-electron chi connectivity index (χ1n) is 10.1. The molecule has 0 bridgehead atoms. The van der Waals surface area contributed by atoms with Gasteiger partial charge in [-0.05, 0) is 24.1 Å². The lowest BCUT2D eigenvalue weighted by Gasteiger charge is -2.29. The van der Waals surface area contributed by atoms with E-state index in [4.69, 9.17) is 4.74 Å². The molecule has 10 heteroatoms. The normalized spacial score (nSPS) is 24.9. The number of fused-ring (bicyclic) bond motifs is 1. The zero-order valence-corrected chi connectivity index (χ0v) is 17.1. The molecule has 0 radical (unpaired) electrons. The highest BCUT2D eigenvalue weighted by Gasteiger charge is 2.46. The fourth-order valence-electron chi connectivity index (χ4n) is 4.47. The van der Waals surface area contributed by atoms with Crippen LogP contribution in [0.1, 0.15) is 48.7 Å². The Morgan fingerprint density at radius 2 is 2.00 bits per heavy atom. The van der Waals surface area contributed by atoms with Crippen LogP contribution in [0, 0.1) is 5.41 Å². The van der Waals surface area contributed by atoms with E-state index in [2.05, 4.69) is 15.6 Å². The first-order valence-corrected chi connectivity index (χ1v) is 10.1. The standard InChI is InChI=1S/C21H21N5O5/c1-21(2)10-31-20(30)17(21)26-9-14(23-24-26)11-3-4-13-12(7-11)8-25(19(13)29)15-5-6-16(27)22-18(15)28/h3-4,7,9,15,17H,5-6,8,10H2,1-2H3,(H,22,27,28). The second kappa shape index (κ2) is 6.73. The van der Waals surface area contributed by atoms with Crippen molar-refractivity contribution in [3.05, 3.63) is 35.5 Å². The number of rotatable bonds is 3. The molecule has 1 aromatic heterocycles. The predicted molar refractivity (Wildman–Crippen MR) is 105 cm³/mol. The monoisotopic (exact) mass is 423 g/mol. The Balaban J connectivity index is 1.40. The zero-order chi connectivity index (χ0) is 21.9. The number of hydrogen-bond donors (Lipinski definition) is 1. The van der Waals surface area contributed by atoms with Crippen molar-refractivity contribution in [2.45, 2.75) is 45.3 Å². The molecule has 2 atom stereocenters. The molecule has 1 aromatic carbocycles. The summed E-state index contributed by atoms with van der Waals surface area (Å²) < 4.78 is 6.71. The molecule has 4 heterocycles. The summed E-state index contributed by atoms with van der Waals surface area (Å²) >= 11 is 0. The minimum Gasteiger partial charge on any atom is -0.463 e.